The second-order valence-electron chi connectivity index (χ2n) is 5.84. The van der Waals surface area contributed by atoms with Crippen LogP contribution >= 0.6 is 0 Å². The van der Waals surface area contributed by atoms with Crippen LogP contribution in [0.25, 0.3) is 0 Å². The molecule has 2 N–H and O–H groups in total. The van der Waals surface area contributed by atoms with Gasteiger partial charge in [0, 0.05) is 36.7 Å². The van der Waals surface area contributed by atoms with E-state index in [0.29, 0.717) is 29.3 Å². The number of amides is 1. The minimum absolute atomic E-state index is 0.0217. The number of benzene rings is 2. The zero-order chi connectivity index (χ0) is 16.8. The van der Waals surface area contributed by atoms with Crippen molar-refractivity contribution in [2.75, 3.05) is 26.2 Å². The van der Waals surface area contributed by atoms with Gasteiger partial charge in [0.2, 0.25) is 0 Å². The first-order chi connectivity index (χ1) is 11.7. The summed E-state index contributed by atoms with van der Waals surface area (Å²) in [5, 5.41) is 6.01. The zero-order valence-electron chi connectivity index (χ0n) is 13.3. The molecule has 0 unspecified atom stereocenters. The van der Waals surface area contributed by atoms with Gasteiger partial charge < -0.3 is 15.4 Å². The molecule has 124 valence electrons. The molecule has 3 rings (SSSR count). The van der Waals surface area contributed by atoms with Crippen LogP contribution in [-0.4, -0.2) is 37.9 Å². The zero-order valence-corrected chi connectivity index (χ0v) is 13.3. The number of carbonyl (C=O) groups is 2. The first kappa shape index (κ1) is 16.2. The Kier molecular flexibility index (Phi) is 5.23. The van der Waals surface area contributed by atoms with Gasteiger partial charge in [-0.3, -0.25) is 9.59 Å². The molecule has 24 heavy (non-hydrogen) atoms. The van der Waals surface area contributed by atoms with Gasteiger partial charge in [0.1, 0.15) is 5.75 Å². The summed E-state index contributed by atoms with van der Waals surface area (Å²) in [6, 6.07) is 16.0. The molecule has 0 atom stereocenters. The monoisotopic (exact) mass is 324 g/mol. The molecule has 1 fully saturated rings. The van der Waals surface area contributed by atoms with Gasteiger partial charge in [-0.25, -0.2) is 0 Å². The van der Waals surface area contributed by atoms with Gasteiger partial charge in [-0.15, -0.1) is 0 Å². The molecule has 0 aliphatic carbocycles. The highest BCUT2D eigenvalue weighted by Crippen LogP contribution is 2.15. The molecule has 2 aromatic rings. The van der Waals surface area contributed by atoms with Crippen molar-refractivity contribution in [3.05, 3.63) is 65.7 Å². The summed E-state index contributed by atoms with van der Waals surface area (Å²) in [5.74, 6) is 0.928. The summed E-state index contributed by atoms with van der Waals surface area (Å²) in [7, 11) is 0. The molecule has 5 heteroatoms. The van der Waals surface area contributed by atoms with E-state index in [1.54, 1.807) is 36.4 Å². The van der Waals surface area contributed by atoms with Gasteiger partial charge in [0.25, 0.3) is 5.91 Å². The smallest absolute Gasteiger partial charge is 0.257 e. The van der Waals surface area contributed by atoms with Crippen molar-refractivity contribution in [3.63, 3.8) is 0 Å². The average molecular weight is 324 g/mol. The summed E-state index contributed by atoms with van der Waals surface area (Å²) < 4.78 is 5.45. The Morgan fingerprint density at radius 2 is 1.67 bits per heavy atom. The fraction of sp³-hybridized carbons (Fsp3) is 0.263. The molecule has 1 heterocycles. The van der Waals surface area contributed by atoms with E-state index in [-0.39, 0.29) is 18.3 Å². The van der Waals surface area contributed by atoms with Gasteiger partial charge in [-0.05, 0) is 24.3 Å². The second kappa shape index (κ2) is 7.75. The third-order valence-electron chi connectivity index (χ3n) is 3.98. The standard InChI is InChI=1S/C19H20N2O3/c22-18(21-12-14-10-20-11-14)13-24-17-8-6-16(7-9-17)19(23)15-4-2-1-3-5-15/h1-9,14,20H,10-13H2,(H,21,22). The SMILES string of the molecule is O=C(COc1ccc(C(=O)c2ccccc2)cc1)NCC1CNC1. The van der Waals surface area contributed by atoms with E-state index in [4.69, 9.17) is 4.74 Å². The Morgan fingerprint density at radius 3 is 2.29 bits per heavy atom. The topological polar surface area (TPSA) is 67.4 Å². The third-order valence-corrected chi connectivity index (χ3v) is 3.98. The quantitative estimate of drug-likeness (QED) is 0.760. The van der Waals surface area contributed by atoms with Crippen LogP contribution in [-0.2, 0) is 4.79 Å². The number of hydrogen-bond donors (Lipinski definition) is 2. The molecule has 2 aromatic carbocycles. The van der Waals surface area contributed by atoms with E-state index in [1.165, 1.54) is 0 Å². The van der Waals surface area contributed by atoms with Gasteiger partial charge in [-0.2, -0.15) is 0 Å². The maximum absolute atomic E-state index is 12.3. The largest absolute Gasteiger partial charge is 0.484 e. The predicted octanol–water partition coefficient (Wildman–Crippen LogP) is 1.63. The van der Waals surface area contributed by atoms with E-state index < -0.39 is 0 Å². The summed E-state index contributed by atoms with van der Waals surface area (Å²) >= 11 is 0. The molecule has 1 amide bonds. The lowest BCUT2D eigenvalue weighted by atomic mass is 10.0. The van der Waals surface area contributed by atoms with Crippen molar-refractivity contribution < 1.29 is 14.3 Å². The molecule has 1 saturated heterocycles. The van der Waals surface area contributed by atoms with Crippen LogP contribution in [0, 0.1) is 5.92 Å². The van der Waals surface area contributed by atoms with Gasteiger partial charge in [0.15, 0.2) is 12.4 Å². The van der Waals surface area contributed by atoms with Gasteiger partial charge in [-0.1, -0.05) is 30.3 Å². The molecular formula is C19H20N2O3. The first-order valence-corrected chi connectivity index (χ1v) is 8.02. The lowest BCUT2D eigenvalue weighted by Crippen LogP contribution is -2.48. The highest BCUT2D eigenvalue weighted by atomic mass is 16.5. The van der Waals surface area contributed by atoms with Crippen molar-refractivity contribution in [3.8, 4) is 5.75 Å². The Hall–Kier alpha value is -2.66. The molecule has 0 bridgehead atoms. The number of rotatable bonds is 7. The highest BCUT2D eigenvalue weighted by molar-refractivity contribution is 6.08. The first-order valence-electron chi connectivity index (χ1n) is 8.02. The summed E-state index contributed by atoms with van der Waals surface area (Å²) in [6.07, 6.45) is 0. The van der Waals surface area contributed by atoms with Gasteiger partial charge >= 0.3 is 0 Å². The number of carbonyl (C=O) groups excluding carboxylic acids is 2. The Labute approximate surface area is 141 Å². The minimum atomic E-state index is -0.133. The fourth-order valence-corrected chi connectivity index (χ4v) is 2.41. The summed E-state index contributed by atoms with van der Waals surface area (Å²) in [5.41, 5.74) is 1.24. The number of nitrogens with one attached hydrogen (secondary N) is 2. The molecule has 5 nitrogen and oxygen atoms in total. The Bertz CT molecular complexity index is 694. The van der Waals surface area contributed by atoms with Crippen molar-refractivity contribution in [2.24, 2.45) is 5.92 Å². The maximum atomic E-state index is 12.3. The van der Waals surface area contributed by atoms with E-state index in [9.17, 15) is 9.59 Å². The number of ketones is 1. The average Bonchev–Trinajstić information content (AvgIpc) is 2.59. The predicted molar refractivity (Wildman–Crippen MR) is 91.2 cm³/mol. The van der Waals surface area contributed by atoms with Crippen LogP contribution in [0.3, 0.4) is 0 Å². The van der Waals surface area contributed by atoms with Crippen LogP contribution in [0.4, 0.5) is 0 Å². The molecule has 1 aliphatic heterocycles. The molecule has 0 spiro atoms. The van der Waals surface area contributed by atoms with E-state index in [1.807, 2.05) is 18.2 Å². The maximum Gasteiger partial charge on any atom is 0.257 e. The van der Waals surface area contributed by atoms with Crippen molar-refractivity contribution >= 4 is 11.7 Å². The van der Waals surface area contributed by atoms with Crippen LogP contribution in [0.1, 0.15) is 15.9 Å². The van der Waals surface area contributed by atoms with E-state index >= 15 is 0 Å². The lowest BCUT2D eigenvalue weighted by Gasteiger charge is -2.27. The molecule has 0 radical (unpaired) electrons. The van der Waals surface area contributed by atoms with E-state index in [2.05, 4.69) is 10.6 Å². The summed E-state index contributed by atoms with van der Waals surface area (Å²) in [4.78, 5) is 24.0. The molecule has 0 saturated carbocycles. The Balaban J connectivity index is 1.49. The van der Waals surface area contributed by atoms with Crippen molar-refractivity contribution in [2.45, 2.75) is 0 Å². The van der Waals surface area contributed by atoms with E-state index in [0.717, 1.165) is 13.1 Å². The van der Waals surface area contributed by atoms with Crippen LogP contribution in [0.15, 0.2) is 54.6 Å². The van der Waals surface area contributed by atoms with Crippen LogP contribution in [0.5, 0.6) is 5.75 Å². The van der Waals surface area contributed by atoms with Crippen LogP contribution < -0.4 is 15.4 Å². The van der Waals surface area contributed by atoms with Crippen molar-refractivity contribution in [1.82, 2.24) is 10.6 Å². The number of ether oxygens (including phenoxy) is 1. The minimum Gasteiger partial charge on any atom is -0.484 e. The normalized spacial score (nSPS) is 13.8. The fourth-order valence-electron chi connectivity index (χ4n) is 2.41. The molecular weight excluding hydrogens is 304 g/mol. The second-order valence-corrected chi connectivity index (χ2v) is 5.84. The highest BCUT2D eigenvalue weighted by Gasteiger charge is 2.17. The van der Waals surface area contributed by atoms with Crippen LogP contribution in [0.2, 0.25) is 0 Å². The molecule has 0 aromatic heterocycles. The Morgan fingerprint density at radius 1 is 1.00 bits per heavy atom. The number of hydrogen-bond acceptors (Lipinski definition) is 4. The van der Waals surface area contributed by atoms with Crippen molar-refractivity contribution in [1.29, 1.82) is 0 Å². The van der Waals surface area contributed by atoms with Gasteiger partial charge in [0.05, 0.1) is 0 Å². The summed E-state index contributed by atoms with van der Waals surface area (Å²) in [6.45, 7) is 2.57. The molecule has 1 aliphatic rings. The lowest BCUT2D eigenvalue weighted by molar-refractivity contribution is -0.123. The third kappa shape index (κ3) is 4.20.